The maximum atomic E-state index is 6.22. The van der Waals surface area contributed by atoms with Crippen molar-refractivity contribution in [3.05, 3.63) is 217 Å². The van der Waals surface area contributed by atoms with Crippen molar-refractivity contribution in [2.24, 2.45) is 0 Å². The molecule has 0 atom stereocenters. The molecule has 2 heterocycles. The fraction of sp³-hybridized carbons (Fsp3) is 0.0508. The molecule has 2 aromatic heterocycles. The number of benzene rings is 9. The first kappa shape index (κ1) is 36.0. The summed E-state index contributed by atoms with van der Waals surface area (Å²) in [6, 6.07) is 73.8. The van der Waals surface area contributed by atoms with Gasteiger partial charge < -0.3 is 4.42 Å². The Labute approximate surface area is 360 Å². The predicted octanol–water partition coefficient (Wildman–Crippen LogP) is 15.8. The first-order valence-corrected chi connectivity index (χ1v) is 21.3. The van der Waals surface area contributed by atoms with Crippen molar-refractivity contribution in [3.8, 4) is 78.4 Å². The van der Waals surface area contributed by atoms with Crippen molar-refractivity contribution in [3.63, 3.8) is 0 Å². The lowest BCUT2D eigenvalue weighted by Gasteiger charge is -2.22. The van der Waals surface area contributed by atoms with E-state index in [0.29, 0.717) is 5.82 Å². The Morgan fingerprint density at radius 1 is 0.323 bits per heavy atom. The molecule has 9 aromatic carbocycles. The summed E-state index contributed by atoms with van der Waals surface area (Å²) in [5, 5.41) is 4.55. The third kappa shape index (κ3) is 5.89. The quantitative estimate of drug-likeness (QED) is 0.168. The minimum absolute atomic E-state index is 0.0824. The Kier molecular flexibility index (Phi) is 8.20. The minimum Gasteiger partial charge on any atom is -0.456 e. The highest BCUT2D eigenvalue weighted by atomic mass is 16.3. The van der Waals surface area contributed by atoms with Gasteiger partial charge in [-0.25, -0.2) is 9.97 Å². The van der Waals surface area contributed by atoms with Crippen molar-refractivity contribution in [2.45, 2.75) is 19.3 Å². The number of fused-ring (bicyclic) bond motifs is 7. The van der Waals surface area contributed by atoms with E-state index in [-0.39, 0.29) is 5.41 Å². The third-order valence-electron chi connectivity index (χ3n) is 12.9. The van der Waals surface area contributed by atoms with Gasteiger partial charge >= 0.3 is 0 Å². The first-order chi connectivity index (χ1) is 30.5. The number of rotatable bonds is 6. The normalized spacial score (nSPS) is 12.8. The number of nitrogens with zero attached hydrogens (tertiary/aromatic N) is 2. The molecule has 0 aliphatic heterocycles. The lowest BCUT2D eigenvalue weighted by atomic mass is 9.81. The molecular weight excluding hydrogens is 753 g/mol. The van der Waals surface area contributed by atoms with Gasteiger partial charge in [-0.15, -0.1) is 0 Å². The number of furan rings is 1. The Morgan fingerprint density at radius 3 is 1.69 bits per heavy atom. The summed E-state index contributed by atoms with van der Waals surface area (Å²) in [6.07, 6.45) is 0. The molecular formula is C59H40N2O. The zero-order valence-corrected chi connectivity index (χ0v) is 34.4. The van der Waals surface area contributed by atoms with Gasteiger partial charge in [-0.1, -0.05) is 172 Å². The van der Waals surface area contributed by atoms with Gasteiger partial charge in [-0.2, -0.15) is 0 Å². The van der Waals surface area contributed by atoms with Gasteiger partial charge in [0, 0.05) is 32.9 Å². The van der Waals surface area contributed by atoms with Crippen LogP contribution in [0.1, 0.15) is 25.0 Å². The van der Waals surface area contributed by atoms with E-state index < -0.39 is 0 Å². The smallest absolute Gasteiger partial charge is 0.160 e. The number of hydrogen-bond donors (Lipinski definition) is 0. The van der Waals surface area contributed by atoms with Crippen molar-refractivity contribution in [1.29, 1.82) is 0 Å². The van der Waals surface area contributed by atoms with Gasteiger partial charge in [0.1, 0.15) is 11.2 Å². The van der Waals surface area contributed by atoms with Gasteiger partial charge in [0.25, 0.3) is 0 Å². The van der Waals surface area contributed by atoms with E-state index >= 15 is 0 Å². The van der Waals surface area contributed by atoms with Crippen LogP contribution in [0.4, 0.5) is 0 Å². The second-order valence-corrected chi connectivity index (χ2v) is 16.9. The molecule has 0 unspecified atom stereocenters. The summed E-state index contributed by atoms with van der Waals surface area (Å²) in [4.78, 5) is 10.7. The lowest BCUT2D eigenvalue weighted by Crippen LogP contribution is -2.14. The fourth-order valence-corrected chi connectivity index (χ4v) is 9.74. The molecule has 3 heteroatoms. The molecule has 0 fully saturated rings. The van der Waals surface area contributed by atoms with Crippen molar-refractivity contribution >= 4 is 32.7 Å². The van der Waals surface area contributed by atoms with Crippen LogP contribution in [-0.2, 0) is 5.41 Å². The highest BCUT2D eigenvalue weighted by molar-refractivity contribution is 6.07. The second-order valence-electron chi connectivity index (χ2n) is 16.9. The van der Waals surface area contributed by atoms with Crippen LogP contribution < -0.4 is 0 Å². The molecule has 0 saturated carbocycles. The Bertz CT molecular complexity index is 3540. The van der Waals surface area contributed by atoms with Crippen LogP contribution in [0.5, 0.6) is 0 Å². The largest absolute Gasteiger partial charge is 0.456 e. The van der Waals surface area contributed by atoms with E-state index in [2.05, 4.69) is 202 Å². The summed E-state index contributed by atoms with van der Waals surface area (Å²) in [5.41, 5.74) is 18.8. The van der Waals surface area contributed by atoms with Crippen LogP contribution in [0.3, 0.4) is 0 Å². The van der Waals surface area contributed by atoms with Gasteiger partial charge in [0.15, 0.2) is 5.82 Å². The van der Waals surface area contributed by atoms with Crippen LogP contribution in [0, 0.1) is 0 Å². The average molecular weight is 793 g/mol. The molecule has 11 aromatic rings. The van der Waals surface area contributed by atoms with E-state index in [4.69, 9.17) is 14.4 Å². The first-order valence-electron chi connectivity index (χ1n) is 21.3. The summed E-state index contributed by atoms with van der Waals surface area (Å²) >= 11 is 0. The molecule has 0 bridgehead atoms. The summed E-state index contributed by atoms with van der Waals surface area (Å²) < 4.78 is 6.22. The number of hydrogen-bond acceptors (Lipinski definition) is 3. The minimum atomic E-state index is -0.0824. The summed E-state index contributed by atoms with van der Waals surface area (Å²) in [7, 11) is 0. The van der Waals surface area contributed by atoms with Gasteiger partial charge in [0.2, 0.25) is 0 Å². The molecule has 292 valence electrons. The van der Waals surface area contributed by atoms with E-state index in [1.165, 1.54) is 38.8 Å². The number of para-hydroxylation sites is 1. The average Bonchev–Trinajstić information content (AvgIpc) is 3.82. The third-order valence-corrected chi connectivity index (χ3v) is 12.9. The Morgan fingerprint density at radius 2 is 0.887 bits per heavy atom. The van der Waals surface area contributed by atoms with Crippen molar-refractivity contribution < 1.29 is 4.42 Å². The van der Waals surface area contributed by atoms with Crippen LogP contribution >= 0.6 is 0 Å². The molecule has 1 aliphatic rings. The highest BCUT2D eigenvalue weighted by Crippen LogP contribution is 2.50. The van der Waals surface area contributed by atoms with Crippen LogP contribution in [0.25, 0.3) is 111 Å². The van der Waals surface area contributed by atoms with Crippen LogP contribution in [0.15, 0.2) is 211 Å². The summed E-state index contributed by atoms with van der Waals surface area (Å²) in [5.74, 6) is 0.685. The maximum Gasteiger partial charge on any atom is 0.160 e. The van der Waals surface area contributed by atoms with E-state index in [9.17, 15) is 0 Å². The van der Waals surface area contributed by atoms with E-state index in [1.54, 1.807) is 0 Å². The molecule has 0 N–H and O–H groups in total. The molecule has 1 aliphatic carbocycles. The topological polar surface area (TPSA) is 38.9 Å². The van der Waals surface area contributed by atoms with Gasteiger partial charge in [0.05, 0.1) is 11.4 Å². The standard InChI is InChI=1S/C59H40N2O/c1-59(2)52-23-13-11-21-47(52)48-27-25-40(35-53(48)59)44-28-29-49(46-20-10-9-19-45(44)46)55-36-54(60-58(61-55)38-17-7-4-8-18-38)43-32-41(37-15-5-3-6-16-37)31-42(33-43)39-26-30-57-51(34-39)50-22-12-14-24-56(50)62-57/h3-36H,1-2H3. The van der Waals surface area contributed by atoms with Gasteiger partial charge in [-0.3, -0.25) is 0 Å². The van der Waals surface area contributed by atoms with Gasteiger partial charge in [-0.05, 0) is 115 Å². The van der Waals surface area contributed by atoms with Crippen molar-refractivity contribution in [2.75, 3.05) is 0 Å². The van der Waals surface area contributed by atoms with Crippen molar-refractivity contribution in [1.82, 2.24) is 9.97 Å². The molecule has 0 spiro atoms. The molecule has 12 rings (SSSR count). The Hall–Kier alpha value is -7.88. The molecule has 62 heavy (non-hydrogen) atoms. The van der Waals surface area contributed by atoms with Crippen LogP contribution in [-0.4, -0.2) is 9.97 Å². The second kappa shape index (κ2) is 14.1. The van der Waals surface area contributed by atoms with E-state index in [0.717, 1.165) is 77.7 Å². The highest BCUT2D eigenvalue weighted by Gasteiger charge is 2.35. The zero-order chi connectivity index (χ0) is 41.4. The zero-order valence-electron chi connectivity index (χ0n) is 34.4. The molecule has 0 radical (unpaired) electrons. The van der Waals surface area contributed by atoms with E-state index in [1.807, 2.05) is 18.2 Å². The predicted molar refractivity (Wildman–Crippen MR) is 257 cm³/mol. The Balaban J connectivity index is 1.04. The number of aromatic nitrogens is 2. The lowest BCUT2D eigenvalue weighted by molar-refractivity contribution is 0.660. The molecule has 3 nitrogen and oxygen atoms in total. The molecule has 0 saturated heterocycles. The fourth-order valence-electron chi connectivity index (χ4n) is 9.74. The SMILES string of the molecule is CC1(C)c2ccccc2-c2ccc(-c3ccc(-c4cc(-c5cc(-c6ccccc6)cc(-c6ccc7oc8ccccc8c7c6)c5)nc(-c5ccccc5)n4)c4ccccc34)cc21. The maximum absolute atomic E-state index is 6.22. The molecule has 0 amide bonds. The van der Waals surface area contributed by atoms with Crippen LogP contribution in [0.2, 0.25) is 0 Å². The summed E-state index contributed by atoms with van der Waals surface area (Å²) in [6.45, 7) is 4.69. The monoisotopic (exact) mass is 792 g/mol.